The smallest absolute Gasteiger partial charge is 0.154 e. The highest BCUT2D eigenvalue weighted by molar-refractivity contribution is 8.01. The second kappa shape index (κ2) is 7.61. The van der Waals surface area contributed by atoms with Gasteiger partial charge in [0, 0.05) is 36.9 Å². The summed E-state index contributed by atoms with van der Waals surface area (Å²) >= 11 is 1.73. The first-order valence-electron chi connectivity index (χ1n) is 8.92. The fourth-order valence-electron chi connectivity index (χ4n) is 2.74. The molecule has 0 N–H and O–H groups in total. The van der Waals surface area contributed by atoms with Gasteiger partial charge in [-0.25, -0.2) is 0 Å². The minimum atomic E-state index is -0.396. The number of ketones is 1. The van der Waals surface area contributed by atoms with Crippen molar-refractivity contribution in [3.05, 3.63) is 17.5 Å². The molecule has 1 aliphatic rings. The lowest BCUT2D eigenvalue weighted by molar-refractivity contribution is -0.120. The Labute approximate surface area is 150 Å². The Morgan fingerprint density at radius 3 is 2.58 bits per heavy atom. The first-order valence-corrected chi connectivity index (χ1v) is 9.90. The highest BCUT2D eigenvalue weighted by atomic mass is 32.2. The summed E-state index contributed by atoms with van der Waals surface area (Å²) in [6, 6.07) is 2.07. The average Bonchev–Trinajstić information content (AvgIpc) is 2.88. The van der Waals surface area contributed by atoms with E-state index in [0.717, 1.165) is 30.2 Å². The lowest BCUT2D eigenvalue weighted by Gasteiger charge is -2.27. The van der Waals surface area contributed by atoms with Crippen LogP contribution in [0.5, 0.6) is 0 Å². The summed E-state index contributed by atoms with van der Waals surface area (Å²) in [5, 5.41) is 4.57. The van der Waals surface area contributed by atoms with E-state index in [1.807, 2.05) is 25.6 Å². The Hall–Kier alpha value is -0.810. The third-order valence-corrected chi connectivity index (χ3v) is 6.15. The molecular weight excluding hydrogens is 320 g/mol. The van der Waals surface area contributed by atoms with Crippen molar-refractivity contribution in [2.45, 2.75) is 76.6 Å². The van der Waals surface area contributed by atoms with Crippen LogP contribution < -0.4 is 0 Å². The Morgan fingerprint density at radius 2 is 2.04 bits per heavy atom. The predicted octanol–water partition coefficient (Wildman–Crippen LogP) is 3.91. The Kier molecular flexibility index (Phi) is 6.19. The summed E-state index contributed by atoms with van der Waals surface area (Å²) in [6.07, 6.45) is 4.27. The molecule has 1 atom stereocenters. The van der Waals surface area contributed by atoms with Gasteiger partial charge in [-0.15, -0.1) is 11.8 Å². The van der Waals surface area contributed by atoms with Crippen molar-refractivity contribution in [1.82, 2.24) is 9.78 Å². The number of carbonyl (C=O) groups is 1. The molecule has 136 valence electrons. The molecule has 0 aliphatic carbocycles. The number of carbonyl (C=O) groups excluding carboxylic acids is 1. The van der Waals surface area contributed by atoms with Crippen LogP contribution in [-0.2, 0) is 28.4 Å². The topological polar surface area (TPSA) is 44.1 Å². The van der Waals surface area contributed by atoms with Gasteiger partial charge < -0.3 is 4.74 Å². The monoisotopic (exact) mass is 352 g/mol. The summed E-state index contributed by atoms with van der Waals surface area (Å²) in [5.74, 6) is 1.16. The predicted molar refractivity (Wildman–Crippen MR) is 101 cm³/mol. The van der Waals surface area contributed by atoms with Gasteiger partial charge in [-0.2, -0.15) is 5.10 Å². The maximum Gasteiger partial charge on any atom is 0.154 e. The largest absolute Gasteiger partial charge is 0.377 e. The summed E-state index contributed by atoms with van der Waals surface area (Å²) in [6.45, 7) is 11.4. The molecular formula is C19H32N2O2S. The van der Waals surface area contributed by atoms with Crippen LogP contribution in [0, 0.1) is 0 Å². The van der Waals surface area contributed by atoms with E-state index in [-0.39, 0.29) is 11.2 Å². The molecule has 1 aromatic heterocycles. The first kappa shape index (κ1) is 19.5. The van der Waals surface area contributed by atoms with Crippen LogP contribution in [0.25, 0.3) is 0 Å². The fraction of sp³-hybridized carbons (Fsp3) is 0.789. The summed E-state index contributed by atoms with van der Waals surface area (Å²) in [7, 11) is 1.92. The van der Waals surface area contributed by atoms with Crippen LogP contribution >= 0.6 is 11.8 Å². The molecule has 2 heterocycles. The van der Waals surface area contributed by atoms with Crippen molar-refractivity contribution in [2.75, 3.05) is 12.4 Å². The van der Waals surface area contributed by atoms with Crippen molar-refractivity contribution in [3.8, 4) is 0 Å². The lowest BCUT2D eigenvalue weighted by Crippen LogP contribution is -2.33. The van der Waals surface area contributed by atoms with E-state index in [2.05, 4.69) is 31.9 Å². The number of aryl methyl sites for hydroxylation is 1. The van der Waals surface area contributed by atoms with Crippen molar-refractivity contribution in [1.29, 1.82) is 0 Å². The molecule has 1 fully saturated rings. The molecule has 2 rings (SSSR count). The van der Waals surface area contributed by atoms with Gasteiger partial charge in [-0.1, -0.05) is 20.8 Å². The SMILES string of the molecule is Cn1nc(C(C)(C)C)cc1CC(=O)C(C)(C)SCC1CCCCO1. The zero-order valence-corrected chi connectivity index (χ0v) is 16.8. The van der Waals surface area contributed by atoms with E-state index in [1.54, 1.807) is 11.8 Å². The van der Waals surface area contributed by atoms with E-state index < -0.39 is 4.75 Å². The van der Waals surface area contributed by atoms with Gasteiger partial charge in [0.05, 0.1) is 16.5 Å². The van der Waals surface area contributed by atoms with Crippen LogP contribution in [0.2, 0.25) is 0 Å². The van der Waals surface area contributed by atoms with Gasteiger partial charge in [0.15, 0.2) is 5.78 Å². The van der Waals surface area contributed by atoms with Crippen LogP contribution in [0.3, 0.4) is 0 Å². The molecule has 5 heteroatoms. The van der Waals surface area contributed by atoms with Gasteiger partial charge in [-0.05, 0) is 39.2 Å². The van der Waals surface area contributed by atoms with Crippen molar-refractivity contribution in [2.24, 2.45) is 7.05 Å². The standard InChI is InChI=1S/C19H32N2O2S/c1-18(2,3)16-11-14(21(6)20-16)12-17(22)19(4,5)24-13-15-9-7-8-10-23-15/h11,15H,7-10,12-13H2,1-6H3. The van der Waals surface area contributed by atoms with Crippen LogP contribution in [0.1, 0.15) is 65.3 Å². The highest BCUT2D eigenvalue weighted by Crippen LogP contribution is 2.30. The van der Waals surface area contributed by atoms with Crippen molar-refractivity contribution >= 4 is 17.5 Å². The van der Waals surface area contributed by atoms with Crippen molar-refractivity contribution in [3.63, 3.8) is 0 Å². The number of Topliss-reactive ketones (excluding diaryl/α,β-unsaturated/α-hetero) is 1. The van der Waals surface area contributed by atoms with Crippen LogP contribution in [0.15, 0.2) is 6.07 Å². The third-order valence-electron chi connectivity index (χ3n) is 4.66. The van der Waals surface area contributed by atoms with Gasteiger partial charge in [0.25, 0.3) is 0 Å². The third kappa shape index (κ3) is 5.09. The fourth-order valence-corrected chi connectivity index (χ4v) is 3.83. The maximum atomic E-state index is 12.8. The number of aromatic nitrogens is 2. The average molecular weight is 353 g/mol. The zero-order chi connectivity index (χ0) is 18.0. The Bertz CT molecular complexity index is 566. The second-order valence-electron chi connectivity index (χ2n) is 8.30. The van der Waals surface area contributed by atoms with E-state index in [4.69, 9.17) is 4.74 Å². The number of ether oxygens (including phenoxy) is 1. The number of nitrogens with zero attached hydrogens (tertiary/aromatic N) is 2. The molecule has 0 aromatic carbocycles. The molecule has 4 nitrogen and oxygen atoms in total. The van der Waals surface area contributed by atoms with Gasteiger partial charge in [0.1, 0.15) is 0 Å². The minimum Gasteiger partial charge on any atom is -0.377 e. The van der Waals surface area contributed by atoms with E-state index >= 15 is 0 Å². The number of rotatable bonds is 6. The maximum absolute atomic E-state index is 12.8. The van der Waals surface area contributed by atoms with Crippen LogP contribution in [0.4, 0.5) is 0 Å². The molecule has 0 bridgehead atoms. The molecule has 1 aliphatic heterocycles. The molecule has 0 saturated carbocycles. The second-order valence-corrected chi connectivity index (χ2v) is 9.95. The van der Waals surface area contributed by atoms with E-state index in [0.29, 0.717) is 12.5 Å². The Morgan fingerprint density at radius 1 is 1.33 bits per heavy atom. The first-order chi connectivity index (χ1) is 11.1. The number of hydrogen-bond acceptors (Lipinski definition) is 4. The quantitative estimate of drug-likeness (QED) is 0.778. The molecule has 1 unspecified atom stereocenters. The summed E-state index contributed by atoms with van der Waals surface area (Å²) < 4.78 is 7.24. The molecule has 1 aromatic rings. The summed E-state index contributed by atoms with van der Waals surface area (Å²) in [5.41, 5.74) is 2.03. The normalized spacial score (nSPS) is 19.5. The van der Waals surface area contributed by atoms with E-state index in [9.17, 15) is 4.79 Å². The van der Waals surface area contributed by atoms with Gasteiger partial charge in [-0.3, -0.25) is 9.48 Å². The zero-order valence-electron chi connectivity index (χ0n) is 16.0. The molecule has 0 amide bonds. The molecule has 24 heavy (non-hydrogen) atoms. The number of hydrogen-bond donors (Lipinski definition) is 0. The van der Waals surface area contributed by atoms with E-state index in [1.165, 1.54) is 12.8 Å². The molecule has 1 saturated heterocycles. The number of thioether (sulfide) groups is 1. The summed E-state index contributed by atoms with van der Waals surface area (Å²) in [4.78, 5) is 12.8. The highest BCUT2D eigenvalue weighted by Gasteiger charge is 2.31. The molecule has 0 spiro atoms. The van der Waals surface area contributed by atoms with Crippen LogP contribution in [-0.4, -0.2) is 38.8 Å². The van der Waals surface area contributed by atoms with Crippen molar-refractivity contribution < 1.29 is 9.53 Å². The Balaban J connectivity index is 1.96. The lowest BCUT2D eigenvalue weighted by atomic mass is 9.92. The van der Waals surface area contributed by atoms with Gasteiger partial charge in [0.2, 0.25) is 0 Å². The van der Waals surface area contributed by atoms with Gasteiger partial charge >= 0.3 is 0 Å². The molecule has 0 radical (unpaired) electrons. The minimum absolute atomic E-state index is 0.00163.